The van der Waals surface area contributed by atoms with E-state index in [0.717, 1.165) is 11.4 Å². The fourth-order valence-electron chi connectivity index (χ4n) is 2.30. The van der Waals surface area contributed by atoms with Crippen molar-refractivity contribution in [3.05, 3.63) is 83.7 Å². The minimum Gasteiger partial charge on any atom is -0.454 e. The van der Waals surface area contributed by atoms with Gasteiger partial charge in [-0.25, -0.2) is 9.48 Å². The lowest BCUT2D eigenvalue weighted by atomic mass is 10.1. The van der Waals surface area contributed by atoms with Crippen molar-refractivity contribution in [2.75, 3.05) is 6.61 Å². The standard InChI is InChI=1S/C19H16N2O3/c1-14-11-12-20-21(14)17-9-7-16(8-10-17)19(23)24-13-18(22)15-5-3-2-4-6-15/h2-12H,13H2,1H3. The fraction of sp³-hybridized carbons (Fsp3) is 0.105. The quantitative estimate of drug-likeness (QED) is 0.535. The Balaban J connectivity index is 1.63. The Kier molecular flexibility index (Phi) is 4.52. The number of carbonyl (C=O) groups is 2. The molecule has 0 N–H and O–H groups in total. The molecule has 24 heavy (non-hydrogen) atoms. The number of hydrogen-bond donors (Lipinski definition) is 0. The number of benzene rings is 2. The third kappa shape index (κ3) is 3.41. The first-order valence-electron chi connectivity index (χ1n) is 7.51. The van der Waals surface area contributed by atoms with Crippen LogP contribution in [-0.2, 0) is 4.74 Å². The zero-order chi connectivity index (χ0) is 16.9. The van der Waals surface area contributed by atoms with Gasteiger partial charge in [-0.15, -0.1) is 0 Å². The predicted molar refractivity (Wildman–Crippen MR) is 89.4 cm³/mol. The van der Waals surface area contributed by atoms with Gasteiger partial charge < -0.3 is 4.74 Å². The van der Waals surface area contributed by atoms with Crippen LogP contribution in [0.15, 0.2) is 66.9 Å². The van der Waals surface area contributed by atoms with Crippen LogP contribution in [0.4, 0.5) is 0 Å². The summed E-state index contributed by atoms with van der Waals surface area (Å²) in [7, 11) is 0. The van der Waals surface area contributed by atoms with Gasteiger partial charge in [0.05, 0.1) is 11.3 Å². The minimum absolute atomic E-state index is 0.229. The van der Waals surface area contributed by atoms with E-state index in [9.17, 15) is 9.59 Å². The molecule has 5 nitrogen and oxygen atoms in total. The molecule has 0 atom stereocenters. The largest absolute Gasteiger partial charge is 0.454 e. The zero-order valence-corrected chi connectivity index (χ0v) is 13.2. The molecule has 0 spiro atoms. The molecule has 0 saturated carbocycles. The van der Waals surface area contributed by atoms with Gasteiger partial charge in [0.2, 0.25) is 0 Å². The van der Waals surface area contributed by atoms with Crippen LogP contribution in [-0.4, -0.2) is 28.1 Å². The van der Waals surface area contributed by atoms with Crippen molar-refractivity contribution in [3.8, 4) is 5.69 Å². The number of ether oxygens (including phenoxy) is 1. The highest BCUT2D eigenvalue weighted by molar-refractivity contribution is 5.99. The zero-order valence-electron chi connectivity index (χ0n) is 13.2. The van der Waals surface area contributed by atoms with Crippen molar-refractivity contribution in [3.63, 3.8) is 0 Å². The van der Waals surface area contributed by atoms with Gasteiger partial charge >= 0.3 is 5.97 Å². The highest BCUT2D eigenvalue weighted by Gasteiger charge is 2.12. The summed E-state index contributed by atoms with van der Waals surface area (Å²) in [6.45, 7) is 1.67. The van der Waals surface area contributed by atoms with Gasteiger partial charge in [0.15, 0.2) is 12.4 Å². The molecule has 0 aliphatic carbocycles. The molecule has 0 radical (unpaired) electrons. The molecule has 0 aliphatic rings. The summed E-state index contributed by atoms with van der Waals surface area (Å²) in [6.07, 6.45) is 1.71. The van der Waals surface area contributed by atoms with E-state index in [1.54, 1.807) is 59.4 Å². The summed E-state index contributed by atoms with van der Waals surface area (Å²) in [6, 6.07) is 17.5. The maximum atomic E-state index is 12.0. The summed E-state index contributed by atoms with van der Waals surface area (Å²) in [5.41, 5.74) is 2.77. The Labute approximate surface area is 139 Å². The van der Waals surface area contributed by atoms with Gasteiger partial charge in [0.1, 0.15) is 0 Å². The van der Waals surface area contributed by atoms with E-state index in [2.05, 4.69) is 5.10 Å². The van der Waals surface area contributed by atoms with E-state index < -0.39 is 5.97 Å². The van der Waals surface area contributed by atoms with E-state index >= 15 is 0 Å². The number of Topliss-reactive ketones (excluding diaryl/α,β-unsaturated/α-hetero) is 1. The average Bonchev–Trinajstić information content (AvgIpc) is 3.06. The van der Waals surface area contributed by atoms with Crippen LogP contribution in [0.1, 0.15) is 26.4 Å². The van der Waals surface area contributed by atoms with Crippen LogP contribution < -0.4 is 0 Å². The van der Waals surface area contributed by atoms with Gasteiger partial charge in [-0.05, 0) is 37.3 Å². The minimum atomic E-state index is -0.525. The van der Waals surface area contributed by atoms with Crippen molar-refractivity contribution < 1.29 is 14.3 Å². The Morgan fingerprint density at radius 2 is 1.67 bits per heavy atom. The van der Waals surface area contributed by atoms with Crippen LogP contribution in [0.3, 0.4) is 0 Å². The molecule has 0 unspecified atom stereocenters. The summed E-state index contributed by atoms with van der Waals surface area (Å²) in [5.74, 6) is -0.754. The first-order chi connectivity index (χ1) is 11.6. The van der Waals surface area contributed by atoms with E-state index in [-0.39, 0.29) is 12.4 Å². The first-order valence-corrected chi connectivity index (χ1v) is 7.51. The van der Waals surface area contributed by atoms with Gasteiger partial charge in [-0.2, -0.15) is 5.10 Å². The third-order valence-corrected chi connectivity index (χ3v) is 3.61. The number of aryl methyl sites for hydroxylation is 1. The molecule has 0 saturated heterocycles. The maximum absolute atomic E-state index is 12.0. The summed E-state index contributed by atoms with van der Waals surface area (Å²) >= 11 is 0. The summed E-state index contributed by atoms with van der Waals surface area (Å²) in [4.78, 5) is 24.0. The van der Waals surface area contributed by atoms with Crippen molar-refractivity contribution in [2.24, 2.45) is 0 Å². The molecular weight excluding hydrogens is 304 g/mol. The topological polar surface area (TPSA) is 61.2 Å². The van der Waals surface area contributed by atoms with Crippen molar-refractivity contribution in [1.29, 1.82) is 0 Å². The number of ketones is 1. The van der Waals surface area contributed by atoms with Crippen LogP contribution in [0.2, 0.25) is 0 Å². The smallest absolute Gasteiger partial charge is 0.338 e. The summed E-state index contributed by atoms with van der Waals surface area (Å²) in [5, 5.41) is 4.21. The second kappa shape index (κ2) is 6.91. The molecular formula is C19H16N2O3. The lowest BCUT2D eigenvalue weighted by Gasteiger charge is -2.07. The monoisotopic (exact) mass is 320 g/mol. The van der Waals surface area contributed by atoms with Gasteiger partial charge in [-0.3, -0.25) is 4.79 Å². The molecule has 0 fully saturated rings. The van der Waals surface area contributed by atoms with Gasteiger partial charge in [-0.1, -0.05) is 30.3 Å². The second-order valence-electron chi connectivity index (χ2n) is 5.30. The van der Waals surface area contributed by atoms with E-state index in [1.165, 1.54) is 0 Å². The molecule has 120 valence electrons. The van der Waals surface area contributed by atoms with E-state index in [1.807, 2.05) is 19.1 Å². The van der Waals surface area contributed by atoms with E-state index in [0.29, 0.717) is 11.1 Å². The first kappa shape index (κ1) is 15.7. The number of hydrogen-bond acceptors (Lipinski definition) is 4. The lowest BCUT2D eigenvalue weighted by molar-refractivity contribution is 0.0475. The average molecular weight is 320 g/mol. The molecule has 3 aromatic rings. The van der Waals surface area contributed by atoms with Crippen molar-refractivity contribution in [1.82, 2.24) is 9.78 Å². The number of carbonyl (C=O) groups excluding carboxylic acids is 2. The summed E-state index contributed by atoms with van der Waals surface area (Å²) < 4.78 is 6.86. The van der Waals surface area contributed by atoms with Crippen LogP contribution in [0, 0.1) is 6.92 Å². The van der Waals surface area contributed by atoms with Gasteiger partial charge in [0, 0.05) is 17.5 Å². The molecule has 2 aromatic carbocycles. The molecule has 5 heteroatoms. The lowest BCUT2D eigenvalue weighted by Crippen LogP contribution is -2.14. The fourth-order valence-corrected chi connectivity index (χ4v) is 2.30. The molecule has 1 heterocycles. The van der Waals surface area contributed by atoms with Crippen molar-refractivity contribution in [2.45, 2.75) is 6.92 Å². The van der Waals surface area contributed by atoms with Gasteiger partial charge in [0.25, 0.3) is 0 Å². The molecule has 1 aromatic heterocycles. The third-order valence-electron chi connectivity index (χ3n) is 3.61. The van der Waals surface area contributed by atoms with Crippen LogP contribution in [0.5, 0.6) is 0 Å². The maximum Gasteiger partial charge on any atom is 0.338 e. The predicted octanol–water partition coefficient (Wildman–Crippen LogP) is 3.22. The van der Waals surface area contributed by atoms with Crippen LogP contribution in [0.25, 0.3) is 5.69 Å². The number of esters is 1. The molecule has 3 rings (SSSR count). The second-order valence-corrected chi connectivity index (χ2v) is 5.30. The van der Waals surface area contributed by atoms with E-state index in [4.69, 9.17) is 4.74 Å². The van der Waals surface area contributed by atoms with Crippen molar-refractivity contribution >= 4 is 11.8 Å². The highest BCUT2D eigenvalue weighted by atomic mass is 16.5. The molecule has 0 aliphatic heterocycles. The highest BCUT2D eigenvalue weighted by Crippen LogP contribution is 2.12. The molecule has 0 bridgehead atoms. The SMILES string of the molecule is Cc1ccnn1-c1ccc(C(=O)OCC(=O)c2ccccc2)cc1. The Morgan fingerprint density at radius 3 is 2.29 bits per heavy atom. The Hall–Kier alpha value is -3.21. The molecule has 0 amide bonds. The normalized spacial score (nSPS) is 10.4. The Bertz CT molecular complexity index is 852. The Morgan fingerprint density at radius 1 is 0.958 bits per heavy atom. The number of nitrogens with zero attached hydrogens (tertiary/aromatic N) is 2. The van der Waals surface area contributed by atoms with Crippen LogP contribution >= 0.6 is 0 Å². The number of aromatic nitrogens is 2. The number of rotatable bonds is 5.